The van der Waals surface area contributed by atoms with E-state index in [4.69, 9.17) is 4.74 Å². The number of benzene rings is 1. The van der Waals surface area contributed by atoms with Gasteiger partial charge in [0.25, 0.3) is 0 Å². The van der Waals surface area contributed by atoms with Crippen LogP contribution in [0.4, 0.5) is 10.1 Å². The zero-order chi connectivity index (χ0) is 12.3. The Morgan fingerprint density at radius 2 is 2.00 bits per heavy atom. The van der Waals surface area contributed by atoms with Crippen LogP contribution < -0.4 is 9.46 Å². The smallest absolute Gasteiger partial charge is 0.301 e. The minimum atomic E-state index is -3.61. The van der Waals surface area contributed by atoms with Gasteiger partial charge in [0.2, 0.25) is 0 Å². The van der Waals surface area contributed by atoms with E-state index in [0.29, 0.717) is 0 Å². The van der Waals surface area contributed by atoms with E-state index in [0.717, 1.165) is 10.4 Å². The summed E-state index contributed by atoms with van der Waals surface area (Å²) in [7, 11) is 0.478. The molecule has 7 heteroatoms. The van der Waals surface area contributed by atoms with Crippen molar-refractivity contribution in [1.29, 1.82) is 0 Å². The van der Waals surface area contributed by atoms with E-state index >= 15 is 0 Å². The molecule has 0 radical (unpaired) electrons. The molecule has 1 aromatic rings. The Balaban J connectivity index is 2.96. The Morgan fingerprint density at radius 1 is 1.38 bits per heavy atom. The average molecular weight is 248 g/mol. The molecule has 0 atom stereocenters. The second kappa shape index (κ2) is 4.67. The lowest BCUT2D eigenvalue weighted by molar-refractivity contribution is 0.386. The van der Waals surface area contributed by atoms with Crippen molar-refractivity contribution in [3.8, 4) is 5.75 Å². The Hall–Kier alpha value is -1.34. The van der Waals surface area contributed by atoms with Gasteiger partial charge in [-0.2, -0.15) is 12.7 Å². The van der Waals surface area contributed by atoms with Crippen LogP contribution in [0.5, 0.6) is 5.75 Å². The molecule has 0 saturated heterocycles. The molecule has 90 valence electrons. The molecular formula is C9H13FN2O3S. The SMILES string of the molecule is COc1ccc(NS(=O)(=O)N(C)C)cc1F. The van der Waals surface area contributed by atoms with E-state index in [1.165, 1.54) is 33.3 Å². The summed E-state index contributed by atoms with van der Waals surface area (Å²) in [6.45, 7) is 0. The molecule has 0 fully saturated rings. The zero-order valence-electron chi connectivity index (χ0n) is 9.19. The van der Waals surface area contributed by atoms with Gasteiger partial charge in [0.1, 0.15) is 0 Å². The number of ether oxygens (including phenoxy) is 1. The van der Waals surface area contributed by atoms with Crippen molar-refractivity contribution < 1.29 is 17.5 Å². The summed E-state index contributed by atoms with van der Waals surface area (Å²) in [6, 6.07) is 3.83. The lowest BCUT2D eigenvalue weighted by Crippen LogP contribution is -2.28. The topological polar surface area (TPSA) is 58.6 Å². The first-order valence-electron chi connectivity index (χ1n) is 4.40. The van der Waals surface area contributed by atoms with E-state index in [1.54, 1.807) is 0 Å². The highest BCUT2D eigenvalue weighted by Crippen LogP contribution is 2.21. The standard InChI is InChI=1S/C9H13FN2O3S/c1-12(2)16(13,14)11-7-4-5-9(15-3)8(10)6-7/h4-6,11H,1-3H3. The highest BCUT2D eigenvalue weighted by molar-refractivity contribution is 7.90. The lowest BCUT2D eigenvalue weighted by Gasteiger charge is -2.13. The summed E-state index contributed by atoms with van der Waals surface area (Å²) in [5.41, 5.74) is 0.145. The Bertz CT molecular complexity index is 474. The fourth-order valence-electron chi connectivity index (χ4n) is 0.970. The second-order valence-corrected chi connectivity index (χ2v) is 5.12. The molecular weight excluding hydrogens is 235 g/mol. The Labute approximate surface area is 94.0 Å². The van der Waals surface area contributed by atoms with Gasteiger partial charge in [-0.15, -0.1) is 0 Å². The maximum Gasteiger partial charge on any atom is 0.301 e. The lowest BCUT2D eigenvalue weighted by atomic mass is 10.3. The van der Waals surface area contributed by atoms with Crippen molar-refractivity contribution in [2.45, 2.75) is 0 Å². The molecule has 0 aliphatic rings. The molecule has 1 N–H and O–H groups in total. The predicted molar refractivity (Wildman–Crippen MR) is 59.2 cm³/mol. The molecule has 0 unspecified atom stereocenters. The molecule has 16 heavy (non-hydrogen) atoms. The van der Waals surface area contributed by atoms with Crippen LogP contribution in [0.25, 0.3) is 0 Å². The Morgan fingerprint density at radius 3 is 2.44 bits per heavy atom. The normalized spacial score (nSPS) is 11.6. The van der Waals surface area contributed by atoms with Crippen LogP contribution in [0.3, 0.4) is 0 Å². The maximum atomic E-state index is 13.3. The largest absolute Gasteiger partial charge is 0.494 e. The number of hydrogen-bond acceptors (Lipinski definition) is 3. The van der Waals surface area contributed by atoms with Crippen LogP contribution in [0, 0.1) is 5.82 Å². The van der Waals surface area contributed by atoms with Gasteiger partial charge in [0, 0.05) is 20.2 Å². The molecule has 0 amide bonds. The van der Waals surface area contributed by atoms with Gasteiger partial charge in [-0.3, -0.25) is 4.72 Å². The van der Waals surface area contributed by atoms with Gasteiger partial charge >= 0.3 is 10.2 Å². The van der Waals surface area contributed by atoms with Crippen LogP contribution in [0.15, 0.2) is 18.2 Å². The summed E-state index contributed by atoms with van der Waals surface area (Å²) in [6.07, 6.45) is 0. The summed E-state index contributed by atoms with van der Waals surface area (Å²) in [5.74, 6) is -0.561. The van der Waals surface area contributed by atoms with Crippen molar-refractivity contribution >= 4 is 15.9 Å². The van der Waals surface area contributed by atoms with Crippen LogP contribution in [-0.2, 0) is 10.2 Å². The van der Waals surface area contributed by atoms with Crippen LogP contribution in [0.2, 0.25) is 0 Å². The quantitative estimate of drug-likeness (QED) is 0.866. The number of rotatable bonds is 4. The zero-order valence-corrected chi connectivity index (χ0v) is 10.0. The molecule has 0 spiro atoms. The summed E-state index contributed by atoms with van der Waals surface area (Å²) in [5, 5.41) is 0. The van der Waals surface area contributed by atoms with Crippen LogP contribution in [-0.4, -0.2) is 33.9 Å². The highest BCUT2D eigenvalue weighted by Gasteiger charge is 2.14. The monoisotopic (exact) mass is 248 g/mol. The fourth-order valence-corrected chi connectivity index (χ4v) is 1.58. The van der Waals surface area contributed by atoms with Crippen molar-refractivity contribution in [3.63, 3.8) is 0 Å². The van der Waals surface area contributed by atoms with Gasteiger partial charge in [-0.1, -0.05) is 0 Å². The average Bonchev–Trinajstić information content (AvgIpc) is 2.17. The van der Waals surface area contributed by atoms with Crippen molar-refractivity contribution in [2.75, 3.05) is 25.9 Å². The number of halogens is 1. The highest BCUT2D eigenvalue weighted by atomic mass is 32.2. The van der Waals surface area contributed by atoms with Gasteiger partial charge in [0.05, 0.1) is 12.8 Å². The van der Waals surface area contributed by atoms with Crippen molar-refractivity contribution in [2.24, 2.45) is 0 Å². The van der Waals surface area contributed by atoms with Crippen molar-refractivity contribution in [3.05, 3.63) is 24.0 Å². The fraction of sp³-hybridized carbons (Fsp3) is 0.333. The summed E-state index contributed by atoms with van der Waals surface area (Å²) < 4.78 is 44.0. The van der Waals surface area contributed by atoms with E-state index in [1.807, 2.05) is 0 Å². The van der Waals surface area contributed by atoms with Gasteiger partial charge < -0.3 is 4.74 Å². The molecule has 0 aromatic heterocycles. The third-order valence-electron chi connectivity index (χ3n) is 1.88. The summed E-state index contributed by atoms with van der Waals surface area (Å²) in [4.78, 5) is 0. The van der Waals surface area contributed by atoms with E-state index in [-0.39, 0.29) is 11.4 Å². The maximum absolute atomic E-state index is 13.3. The number of methoxy groups -OCH3 is 1. The third kappa shape index (κ3) is 2.83. The minimum absolute atomic E-state index is 0.0628. The van der Waals surface area contributed by atoms with Crippen molar-refractivity contribution in [1.82, 2.24) is 4.31 Å². The Kier molecular flexibility index (Phi) is 3.71. The van der Waals surface area contributed by atoms with Gasteiger partial charge in [0.15, 0.2) is 11.6 Å². The number of anilines is 1. The number of nitrogens with one attached hydrogen (secondary N) is 1. The first-order valence-corrected chi connectivity index (χ1v) is 5.84. The molecule has 0 heterocycles. The molecule has 1 rings (SSSR count). The van der Waals surface area contributed by atoms with Crippen LogP contribution >= 0.6 is 0 Å². The molecule has 0 aliphatic carbocycles. The first-order chi connectivity index (χ1) is 7.36. The third-order valence-corrected chi connectivity index (χ3v) is 3.33. The first kappa shape index (κ1) is 12.7. The van der Waals surface area contributed by atoms with Gasteiger partial charge in [-0.05, 0) is 12.1 Å². The van der Waals surface area contributed by atoms with Gasteiger partial charge in [-0.25, -0.2) is 4.39 Å². The molecule has 0 bridgehead atoms. The second-order valence-electron chi connectivity index (χ2n) is 3.24. The predicted octanol–water partition coefficient (Wildman–Crippen LogP) is 1.05. The molecule has 1 aromatic carbocycles. The van der Waals surface area contributed by atoms with E-state index in [9.17, 15) is 12.8 Å². The van der Waals surface area contributed by atoms with E-state index in [2.05, 4.69) is 4.72 Å². The molecule has 5 nitrogen and oxygen atoms in total. The number of nitrogens with zero attached hydrogens (tertiary/aromatic N) is 1. The van der Waals surface area contributed by atoms with Crippen LogP contribution in [0.1, 0.15) is 0 Å². The summed E-state index contributed by atoms with van der Waals surface area (Å²) >= 11 is 0. The minimum Gasteiger partial charge on any atom is -0.494 e. The molecule has 0 saturated carbocycles. The number of hydrogen-bond donors (Lipinski definition) is 1. The van der Waals surface area contributed by atoms with E-state index < -0.39 is 16.0 Å². The molecule has 0 aliphatic heterocycles.